The van der Waals surface area contributed by atoms with E-state index < -0.39 is 0 Å². The van der Waals surface area contributed by atoms with Gasteiger partial charge < -0.3 is 5.73 Å². The minimum atomic E-state index is 0.575. The molecule has 1 saturated carbocycles. The molecular formula is C7H10ClN3. The van der Waals surface area contributed by atoms with Gasteiger partial charge >= 0.3 is 0 Å². The number of nitrogens with zero attached hydrogens (tertiary/aromatic N) is 2. The lowest BCUT2D eigenvalue weighted by molar-refractivity contribution is 0.753. The van der Waals surface area contributed by atoms with Gasteiger partial charge in [-0.1, -0.05) is 11.6 Å². The summed E-state index contributed by atoms with van der Waals surface area (Å²) in [4.78, 5) is 0. The molecule has 1 aliphatic rings. The highest BCUT2D eigenvalue weighted by Gasteiger charge is 2.29. The van der Waals surface area contributed by atoms with Crippen molar-refractivity contribution in [2.45, 2.75) is 18.8 Å². The maximum atomic E-state index is 5.94. The molecule has 0 atom stereocenters. The highest BCUT2D eigenvalue weighted by atomic mass is 35.5. The van der Waals surface area contributed by atoms with Crippen LogP contribution in [0.5, 0.6) is 0 Å². The molecule has 0 spiro atoms. The predicted octanol–water partition coefficient (Wildman–Crippen LogP) is 1.53. The van der Waals surface area contributed by atoms with Crippen LogP contribution in [0.15, 0.2) is 0 Å². The SMILES string of the molecule is Cn1nc(C2CC2)c(Cl)c1N. The summed E-state index contributed by atoms with van der Waals surface area (Å²) in [5.41, 5.74) is 6.62. The maximum absolute atomic E-state index is 5.94. The Morgan fingerprint density at radius 3 is 2.64 bits per heavy atom. The van der Waals surface area contributed by atoms with Crippen LogP contribution in [-0.2, 0) is 7.05 Å². The topological polar surface area (TPSA) is 43.8 Å². The van der Waals surface area contributed by atoms with Crippen molar-refractivity contribution in [1.82, 2.24) is 9.78 Å². The predicted molar refractivity (Wildman–Crippen MR) is 44.6 cm³/mol. The fourth-order valence-electron chi connectivity index (χ4n) is 1.15. The minimum absolute atomic E-state index is 0.575. The first-order valence-electron chi connectivity index (χ1n) is 3.68. The third-order valence-corrected chi connectivity index (χ3v) is 2.41. The summed E-state index contributed by atoms with van der Waals surface area (Å²) in [6.45, 7) is 0. The van der Waals surface area contributed by atoms with Crippen molar-refractivity contribution < 1.29 is 0 Å². The first-order chi connectivity index (χ1) is 5.20. The zero-order chi connectivity index (χ0) is 8.01. The van der Waals surface area contributed by atoms with Crippen LogP contribution >= 0.6 is 11.6 Å². The summed E-state index contributed by atoms with van der Waals surface area (Å²) in [7, 11) is 1.81. The van der Waals surface area contributed by atoms with Crippen molar-refractivity contribution in [1.29, 1.82) is 0 Å². The van der Waals surface area contributed by atoms with E-state index in [4.69, 9.17) is 17.3 Å². The molecule has 1 fully saturated rings. The molecule has 0 amide bonds. The van der Waals surface area contributed by atoms with Crippen LogP contribution in [0.25, 0.3) is 0 Å². The van der Waals surface area contributed by atoms with E-state index in [1.807, 2.05) is 7.05 Å². The summed E-state index contributed by atoms with van der Waals surface area (Å²) >= 11 is 5.94. The first-order valence-corrected chi connectivity index (χ1v) is 4.06. The Kier molecular flexibility index (Phi) is 1.36. The standard InChI is InChI=1S/C7H10ClN3/c1-11-7(9)5(8)6(10-11)4-2-3-4/h4H,2-3,9H2,1H3. The van der Waals surface area contributed by atoms with Gasteiger partial charge in [0.15, 0.2) is 0 Å². The van der Waals surface area contributed by atoms with E-state index in [-0.39, 0.29) is 0 Å². The molecule has 0 unspecified atom stereocenters. The van der Waals surface area contributed by atoms with Gasteiger partial charge in [-0.25, -0.2) is 0 Å². The molecule has 0 aliphatic heterocycles. The van der Waals surface area contributed by atoms with Gasteiger partial charge in [0.1, 0.15) is 10.8 Å². The number of nitrogen functional groups attached to an aromatic ring is 1. The first kappa shape index (κ1) is 6.98. The van der Waals surface area contributed by atoms with Crippen molar-refractivity contribution in [2.24, 2.45) is 7.05 Å². The Balaban J connectivity index is 2.46. The van der Waals surface area contributed by atoms with Crippen molar-refractivity contribution in [3.8, 4) is 0 Å². The molecule has 0 saturated heterocycles. The van der Waals surface area contributed by atoms with E-state index in [0.29, 0.717) is 16.8 Å². The lowest BCUT2D eigenvalue weighted by Gasteiger charge is -1.89. The number of hydrogen-bond donors (Lipinski definition) is 1. The van der Waals surface area contributed by atoms with Gasteiger partial charge in [0.2, 0.25) is 0 Å². The van der Waals surface area contributed by atoms with Crippen molar-refractivity contribution in [3.05, 3.63) is 10.7 Å². The number of rotatable bonds is 1. The second-order valence-corrected chi connectivity index (χ2v) is 3.36. The Bertz CT molecular complexity index is 288. The summed E-state index contributed by atoms with van der Waals surface area (Å²) in [6, 6.07) is 0. The molecule has 60 valence electrons. The number of aromatic nitrogens is 2. The smallest absolute Gasteiger partial charge is 0.140 e. The highest BCUT2D eigenvalue weighted by molar-refractivity contribution is 6.33. The Morgan fingerprint density at radius 2 is 2.27 bits per heavy atom. The van der Waals surface area contributed by atoms with E-state index in [1.165, 1.54) is 12.8 Å². The van der Waals surface area contributed by atoms with Crippen LogP contribution in [0.1, 0.15) is 24.5 Å². The molecule has 1 aliphatic carbocycles. The molecule has 0 aromatic carbocycles. The molecule has 1 aromatic heterocycles. The Hall–Kier alpha value is -0.700. The van der Waals surface area contributed by atoms with E-state index in [1.54, 1.807) is 4.68 Å². The molecule has 11 heavy (non-hydrogen) atoms. The zero-order valence-corrected chi connectivity index (χ0v) is 7.10. The molecule has 1 aromatic rings. The Morgan fingerprint density at radius 1 is 1.64 bits per heavy atom. The summed E-state index contributed by atoms with van der Waals surface area (Å²) in [5.74, 6) is 1.15. The maximum Gasteiger partial charge on any atom is 0.140 e. The van der Waals surface area contributed by atoms with Gasteiger partial charge in [-0.05, 0) is 12.8 Å². The largest absolute Gasteiger partial charge is 0.383 e. The van der Waals surface area contributed by atoms with Crippen LogP contribution in [0.2, 0.25) is 5.02 Å². The van der Waals surface area contributed by atoms with Crippen LogP contribution in [0.4, 0.5) is 5.82 Å². The number of halogens is 1. The van der Waals surface area contributed by atoms with E-state index in [9.17, 15) is 0 Å². The number of hydrogen-bond acceptors (Lipinski definition) is 2. The summed E-state index contributed by atoms with van der Waals surface area (Å²) in [5, 5.41) is 4.88. The van der Waals surface area contributed by atoms with Gasteiger partial charge in [-0.15, -0.1) is 0 Å². The summed E-state index contributed by atoms with van der Waals surface area (Å²) in [6.07, 6.45) is 2.41. The fourth-order valence-corrected chi connectivity index (χ4v) is 1.46. The van der Waals surface area contributed by atoms with E-state index in [2.05, 4.69) is 5.10 Å². The molecule has 0 radical (unpaired) electrons. The molecule has 1 heterocycles. The zero-order valence-electron chi connectivity index (χ0n) is 6.34. The van der Waals surface area contributed by atoms with Gasteiger partial charge in [0.05, 0.1) is 5.69 Å². The van der Waals surface area contributed by atoms with Crippen LogP contribution in [0, 0.1) is 0 Å². The third-order valence-electron chi connectivity index (χ3n) is 2.02. The van der Waals surface area contributed by atoms with Crippen LogP contribution in [0.3, 0.4) is 0 Å². The van der Waals surface area contributed by atoms with Crippen molar-refractivity contribution >= 4 is 17.4 Å². The van der Waals surface area contributed by atoms with Crippen molar-refractivity contribution in [2.75, 3.05) is 5.73 Å². The third kappa shape index (κ3) is 0.997. The summed E-state index contributed by atoms with van der Waals surface area (Å²) < 4.78 is 1.63. The number of anilines is 1. The van der Waals surface area contributed by atoms with Gasteiger partial charge in [-0.2, -0.15) is 5.10 Å². The molecule has 4 heteroatoms. The van der Waals surface area contributed by atoms with Crippen LogP contribution < -0.4 is 5.73 Å². The average Bonchev–Trinajstić information content (AvgIpc) is 2.76. The fraction of sp³-hybridized carbons (Fsp3) is 0.571. The van der Waals surface area contributed by atoms with E-state index in [0.717, 1.165) is 5.69 Å². The quantitative estimate of drug-likeness (QED) is 0.697. The van der Waals surface area contributed by atoms with Gasteiger partial charge in [-0.3, -0.25) is 4.68 Å². The average molecular weight is 172 g/mol. The van der Waals surface area contributed by atoms with Gasteiger partial charge in [0.25, 0.3) is 0 Å². The van der Waals surface area contributed by atoms with Gasteiger partial charge in [0, 0.05) is 13.0 Å². The normalized spacial score (nSPS) is 17.3. The van der Waals surface area contributed by atoms with E-state index >= 15 is 0 Å². The van der Waals surface area contributed by atoms with Crippen LogP contribution in [-0.4, -0.2) is 9.78 Å². The lowest BCUT2D eigenvalue weighted by Crippen LogP contribution is -1.97. The molecule has 2 N–H and O–H groups in total. The molecular weight excluding hydrogens is 162 g/mol. The molecule has 2 rings (SSSR count). The second-order valence-electron chi connectivity index (χ2n) is 2.98. The highest BCUT2D eigenvalue weighted by Crippen LogP contribution is 2.43. The number of aryl methyl sites for hydroxylation is 1. The van der Waals surface area contributed by atoms with Crippen molar-refractivity contribution in [3.63, 3.8) is 0 Å². The molecule has 0 bridgehead atoms. The monoisotopic (exact) mass is 171 g/mol. The Labute approximate surface area is 70.1 Å². The minimum Gasteiger partial charge on any atom is -0.383 e. The molecule has 3 nitrogen and oxygen atoms in total. The number of nitrogens with two attached hydrogens (primary N) is 1. The second kappa shape index (κ2) is 2.14. The lowest BCUT2D eigenvalue weighted by atomic mass is 10.3.